The van der Waals surface area contributed by atoms with E-state index in [0.29, 0.717) is 33.4 Å². The highest BCUT2D eigenvalue weighted by molar-refractivity contribution is 6.12. The average molecular weight is 707 g/mol. The van der Waals surface area contributed by atoms with Crippen LogP contribution in [-0.4, -0.2) is 11.6 Å². The van der Waals surface area contributed by atoms with Gasteiger partial charge in [0.05, 0.1) is 5.41 Å². The second kappa shape index (κ2) is 11.1. The van der Waals surface area contributed by atoms with E-state index in [1.165, 1.54) is 30.4 Å². The summed E-state index contributed by atoms with van der Waals surface area (Å²) in [5, 5.41) is 0. The molecule has 3 unspecified atom stereocenters. The molecule has 5 aromatic carbocycles. The highest BCUT2D eigenvalue weighted by Gasteiger charge is 2.57. The molecular formula is C39H16F10O2. The quantitative estimate of drug-likeness (QED) is 0.0808. The Kier molecular flexibility index (Phi) is 7.06. The van der Waals surface area contributed by atoms with Gasteiger partial charge in [0.25, 0.3) is 0 Å². The van der Waals surface area contributed by atoms with E-state index in [2.05, 4.69) is 0 Å². The molecule has 0 aromatic heterocycles. The number of carbonyl (C=O) groups is 2. The molecule has 3 aliphatic rings. The van der Waals surface area contributed by atoms with Gasteiger partial charge in [-0.1, -0.05) is 78.9 Å². The van der Waals surface area contributed by atoms with Gasteiger partial charge in [-0.05, 0) is 39.4 Å². The molecule has 12 heteroatoms. The summed E-state index contributed by atoms with van der Waals surface area (Å²) in [6, 6.07) is 17.7. The van der Waals surface area contributed by atoms with Gasteiger partial charge >= 0.3 is 0 Å². The summed E-state index contributed by atoms with van der Waals surface area (Å²) in [5.74, 6) is -27.8. The van der Waals surface area contributed by atoms with Gasteiger partial charge in [0.1, 0.15) is 11.1 Å². The fourth-order valence-electron chi connectivity index (χ4n) is 7.85. The van der Waals surface area contributed by atoms with Crippen LogP contribution < -0.4 is 0 Å². The summed E-state index contributed by atoms with van der Waals surface area (Å²) < 4.78 is 144. The van der Waals surface area contributed by atoms with Crippen molar-refractivity contribution in [2.75, 3.05) is 0 Å². The van der Waals surface area contributed by atoms with E-state index in [0.717, 1.165) is 0 Å². The zero-order chi connectivity index (χ0) is 36.3. The van der Waals surface area contributed by atoms with Gasteiger partial charge in [0.15, 0.2) is 58.1 Å². The monoisotopic (exact) mass is 706 g/mol. The summed E-state index contributed by atoms with van der Waals surface area (Å²) in [5.41, 5.74) is -2.15. The van der Waals surface area contributed by atoms with E-state index in [-0.39, 0.29) is 0 Å². The van der Waals surface area contributed by atoms with Gasteiger partial charge in [0.2, 0.25) is 11.6 Å². The second-order valence-electron chi connectivity index (χ2n) is 12.3. The minimum absolute atomic E-state index is 0.327. The lowest BCUT2D eigenvalue weighted by atomic mass is 9.64. The van der Waals surface area contributed by atoms with Crippen molar-refractivity contribution in [1.29, 1.82) is 0 Å². The molecule has 2 nitrogen and oxygen atoms in total. The number of ketones is 2. The van der Waals surface area contributed by atoms with Crippen molar-refractivity contribution >= 4 is 11.6 Å². The number of hydrogen-bond acceptors (Lipinski definition) is 2. The summed E-state index contributed by atoms with van der Waals surface area (Å²) >= 11 is 0. The van der Waals surface area contributed by atoms with Crippen molar-refractivity contribution < 1.29 is 53.5 Å². The van der Waals surface area contributed by atoms with Crippen LogP contribution >= 0.6 is 0 Å². The van der Waals surface area contributed by atoms with Crippen LogP contribution in [0.1, 0.15) is 54.5 Å². The lowest BCUT2D eigenvalue weighted by molar-refractivity contribution is 0.101. The van der Waals surface area contributed by atoms with Gasteiger partial charge in [-0.15, -0.1) is 0 Å². The van der Waals surface area contributed by atoms with Gasteiger partial charge in [0, 0.05) is 23.0 Å². The Bertz CT molecular complexity index is 2440. The molecule has 0 bridgehead atoms. The molecule has 0 heterocycles. The predicted octanol–water partition coefficient (Wildman–Crippen LogP) is 9.72. The Morgan fingerprint density at radius 3 is 1.61 bits per heavy atom. The highest BCUT2D eigenvalue weighted by Crippen LogP contribution is 2.65. The molecule has 3 atom stereocenters. The van der Waals surface area contributed by atoms with Crippen molar-refractivity contribution in [3.05, 3.63) is 188 Å². The molecule has 254 valence electrons. The molecule has 0 N–H and O–H groups in total. The molecule has 0 radical (unpaired) electrons. The minimum atomic E-state index is -2.44. The Hall–Kier alpha value is -5.78. The number of Topliss-reactive ketones (excluding diaryl/α,β-unsaturated/α-hetero) is 1. The van der Waals surface area contributed by atoms with Crippen molar-refractivity contribution in [3.8, 4) is 11.1 Å². The number of benzene rings is 5. The van der Waals surface area contributed by atoms with Crippen LogP contribution in [0.15, 0.2) is 90.5 Å². The van der Waals surface area contributed by atoms with Crippen LogP contribution in [0.3, 0.4) is 0 Å². The molecule has 0 aliphatic heterocycles. The first kappa shape index (κ1) is 32.4. The number of allylic oxidation sites excluding steroid dienone is 4. The molecule has 0 saturated carbocycles. The maximum Gasteiger partial charge on any atom is 0.200 e. The molecule has 8 rings (SSSR count). The highest BCUT2D eigenvalue weighted by atomic mass is 19.2. The molecule has 0 fully saturated rings. The van der Waals surface area contributed by atoms with E-state index < -0.39 is 109 Å². The molecular weight excluding hydrogens is 690 g/mol. The smallest absolute Gasteiger partial charge is 0.200 e. The Labute approximate surface area is 281 Å². The molecule has 51 heavy (non-hydrogen) atoms. The Balaban J connectivity index is 1.37. The molecule has 3 aliphatic carbocycles. The van der Waals surface area contributed by atoms with E-state index in [9.17, 15) is 53.5 Å². The van der Waals surface area contributed by atoms with Crippen LogP contribution in [0.2, 0.25) is 0 Å². The summed E-state index contributed by atoms with van der Waals surface area (Å²) in [4.78, 5) is 27.2. The van der Waals surface area contributed by atoms with E-state index in [1.807, 2.05) is 0 Å². The zero-order valence-corrected chi connectivity index (χ0v) is 25.3. The van der Waals surface area contributed by atoms with Gasteiger partial charge in [-0.25, -0.2) is 43.9 Å². The predicted molar refractivity (Wildman–Crippen MR) is 162 cm³/mol. The first-order chi connectivity index (χ1) is 24.3. The largest absolute Gasteiger partial charge is 0.288 e. The van der Waals surface area contributed by atoms with Gasteiger partial charge in [-0.3, -0.25) is 9.59 Å². The van der Waals surface area contributed by atoms with Crippen molar-refractivity contribution in [1.82, 2.24) is 0 Å². The van der Waals surface area contributed by atoms with Gasteiger partial charge < -0.3 is 0 Å². The van der Waals surface area contributed by atoms with Crippen LogP contribution in [0.5, 0.6) is 0 Å². The third-order valence-electron chi connectivity index (χ3n) is 9.96. The van der Waals surface area contributed by atoms with E-state index >= 15 is 0 Å². The molecule has 1 spiro atoms. The lowest BCUT2D eigenvalue weighted by Crippen LogP contribution is -2.34. The van der Waals surface area contributed by atoms with Crippen LogP contribution in [0, 0.1) is 64.1 Å². The van der Waals surface area contributed by atoms with Gasteiger partial charge in [-0.2, -0.15) is 0 Å². The van der Waals surface area contributed by atoms with E-state index in [1.54, 1.807) is 54.6 Å². The average Bonchev–Trinajstić information content (AvgIpc) is 3.61. The standard InChI is InChI=1S/C39H16F10O2/c40-27-25(28(41)32(45)35(48)31(27)44)37(50)15-9-11-19-17-5-1-3-7-21(17)39(23(19)13-15)22-8-4-2-6-18(22)20-12-10-16(14-24(20)39)38(51)26-29(42)33(46)36(49)34(47)30(26)43/h1-14,19,23H. The molecule has 5 aromatic rings. The normalized spacial score (nSPS) is 19.5. The van der Waals surface area contributed by atoms with Crippen molar-refractivity contribution in [2.45, 2.75) is 11.3 Å². The Morgan fingerprint density at radius 2 is 1.00 bits per heavy atom. The maximum atomic E-state index is 14.8. The molecule has 0 saturated heterocycles. The number of carbonyl (C=O) groups excluding carboxylic acids is 2. The SMILES string of the molecule is O=C(C1=CC2C(C=C1)c1ccccc1C21c2ccccc2-c2ccc(C(=O)c3c(F)c(F)c(F)c(F)c3F)cc21)c1c(F)c(F)c(F)c(F)c1F. The fourth-order valence-corrected chi connectivity index (χ4v) is 7.85. The second-order valence-corrected chi connectivity index (χ2v) is 12.3. The fraction of sp³-hybridized carbons (Fsp3) is 0.0769. The number of halogens is 10. The third kappa shape index (κ3) is 4.13. The van der Waals surface area contributed by atoms with Crippen molar-refractivity contribution in [2.24, 2.45) is 5.92 Å². The molecule has 0 amide bonds. The third-order valence-corrected chi connectivity index (χ3v) is 9.96. The first-order valence-corrected chi connectivity index (χ1v) is 15.2. The summed E-state index contributed by atoms with van der Waals surface area (Å²) in [6.45, 7) is 0. The first-order valence-electron chi connectivity index (χ1n) is 15.2. The van der Waals surface area contributed by atoms with Crippen LogP contribution in [0.4, 0.5) is 43.9 Å². The van der Waals surface area contributed by atoms with Crippen LogP contribution in [0.25, 0.3) is 11.1 Å². The number of rotatable bonds is 4. The van der Waals surface area contributed by atoms with Crippen LogP contribution in [-0.2, 0) is 5.41 Å². The maximum absolute atomic E-state index is 14.8. The lowest BCUT2D eigenvalue weighted by Gasteiger charge is -2.37. The Morgan fingerprint density at radius 1 is 0.510 bits per heavy atom. The summed E-state index contributed by atoms with van der Waals surface area (Å²) in [7, 11) is 0. The minimum Gasteiger partial charge on any atom is -0.288 e. The summed E-state index contributed by atoms with van der Waals surface area (Å²) in [6.07, 6.45) is 4.10. The van der Waals surface area contributed by atoms with Crippen molar-refractivity contribution in [3.63, 3.8) is 0 Å². The zero-order valence-electron chi connectivity index (χ0n) is 25.3. The van der Waals surface area contributed by atoms with E-state index in [4.69, 9.17) is 0 Å². The number of hydrogen-bond donors (Lipinski definition) is 0. The number of fused-ring (bicyclic) bond motifs is 10. The topological polar surface area (TPSA) is 34.1 Å².